The maximum atomic E-state index is 5.76. The molecule has 96 valence electrons. The second-order valence-electron chi connectivity index (χ2n) is 5.38. The normalized spacial score (nSPS) is 22.9. The van der Waals surface area contributed by atoms with Gasteiger partial charge < -0.3 is 9.64 Å². The Balaban J connectivity index is 2.29. The van der Waals surface area contributed by atoms with Crippen molar-refractivity contribution in [3.63, 3.8) is 0 Å². The zero-order valence-electron chi connectivity index (χ0n) is 11.0. The summed E-state index contributed by atoms with van der Waals surface area (Å²) in [5.74, 6) is 0.800. The van der Waals surface area contributed by atoms with Gasteiger partial charge >= 0.3 is 0 Å². The Kier molecular flexibility index (Phi) is 6.09. The molecule has 0 bridgehead atoms. The molecule has 0 aromatic rings. The summed E-state index contributed by atoms with van der Waals surface area (Å²) in [4.78, 5) is 2.62. The second-order valence-corrected chi connectivity index (χ2v) is 5.76. The summed E-state index contributed by atoms with van der Waals surface area (Å²) < 4.78 is 5.47. The van der Waals surface area contributed by atoms with Crippen LogP contribution < -0.4 is 0 Å². The number of ether oxygens (including phenoxy) is 1. The molecule has 2 nitrogen and oxygen atoms in total. The summed E-state index contributed by atoms with van der Waals surface area (Å²) in [6.07, 6.45) is 6.22. The van der Waals surface area contributed by atoms with Crippen molar-refractivity contribution < 1.29 is 4.74 Å². The molecule has 0 amide bonds. The van der Waals surface area contributed by atoms with Crippen LogP contribution in [0.4, 0.5) is 0 Å². The highest BCUT2D eigenvalue weighted by molar-refractivity contribution is 6.17. The minimum atomic E-state index is 0.0135. The lowest BCUT2D eigenvalue weighted by Crippen LogP contribution is -2.35. The van der Waals surface area contributed by atoms with Crippen LogP contribution in [0, 0.1) is 0 Å². The summed E-state index contributed by atoms with van der Waals surface area (Å²) in [6, 6.07) is 0.770. The number of alkyl halides is 1. The maximum absolute atomic E-state index is 5.76. The van der Waals surface area contributed by atoms with E-state index in [-0.39, 0.29) is 5.60 Å². The number of hydrogen-bond donors (Lipinski definition) is 0. The van der Waals surface area contributed by atoms with E-state index in [1.165, 1.54) is 25.8 Å². The van der Waals surface area contributed by atoms with Gasteiger partial charge in [0.15, 0.2) is 0 Å². The molecule has 0 N–H and O–H groups in total. The number of methoxy groups -OCH3 is 1. The molecule has 1 rings (SSSR count). The van der Waals surface area contributed by atoms with E-state index in [1.807, 2.05) is 0 Å². The summed E-state index contributed by atoms with van der Waals surface area (Å²) in [5, 5.41) is 0. The number of hydrogen-bond acceptors (Lipinski definition) is 2. The van der Waals surface area contributed by atoms with Crippen molar-refractivity contribution in [3.8, 4) is 0 Å². The Labute approximate surface area is 105 Å². The summed E-state index contributed by atoms with van der Waals surface area (Å²) in [7, 11) is 1.80. The van der Waals surface area contributed by atoms with Crippen LogP contribution >= 0.6 is 11.6 Å². The van der Waals surface area contributed by atoms with Crippen molar-refractivity contribution in [1.29, 1.82) is 0 Å². The number of rotatable bonds is 7. The quantitative estimate of drug-likeness (QED) is 0.641. The molecule has 1 aliphatic rings. The molecule has 0 aromatic carbocycles. The van der Waals surface area contributed by atoms with Crippen LogP contribution in [0.25, 0.3) is 0 Å². The van der Waals surface area contributed by atoms with E-state index in [1.54, 1.807) is 7.11 Å². The van der Waals surface area contributed by atoms with Gasteiger partial charge in [-0.15, -0.1) is 11.6 Å². The summed E-state index contributed by atoms with van der Waals surface area (Å²) in [5.41, 5.74) is 0.0135. The third kappa shape index (κ3) is 4.60. The smallest absolute Gasteiger partial charge is 0.0634 e. The molecule has 0 spiro atoms. The van der Waals surface area contributed by atoms with Crippen molar-refractivity contribution in [2.24, 2.45) is 0 Å². The molecule has 1 heterocycles. The van der Waals surface area contributed by atoms with Gasteiger partial charge in [0.05, 0.1) is 5.60 Å². The third-order valence-electron chi connectivity index (χ3n) is 3.72. The monoisotopic (exact) mass is 247 g/mol. The summed E-state index contributed by atoms with van der Waals surface area (Å²) in [6.45, 7) is 6.74. The maximum Gasteiger partial charge on any atom is 0.0634 e. The number of nitrogens with zero attached hydrogens (tertiary/aromatic N) is 1. The van der Waals surface area contributed by atoms with Crippen LogP contribution in [0.3, 0.4) is 0 Å². The Morgan fingerprint density at radius 3 is 2.81 bits per heavy atom. The molecular formula is C13H26ClNO. The van der Waals surface area contributed by atoms with Crippen molar-refractivity contribution >= 4 is 11.6 Å². The number of likely N-dealkylation sites (tertiary alicyclic amines) is 1. The average Bonchev–Trinajstić information content (AvgIpc) is 2.71. The lowest BCUT2D eigenvalue weighted by Gasteiger charge is -2.29. The molecule has 1 atom stereocenters. The minimum Gasteiger partial charge on any atom is -0.379 e. The minimum absolute atomic E-state index is 0.0135. The fourth-order valence-electron chi connectivity index (χ4n) is 2.34. The van der Waals surface area contributed by atoms with Gasteiger partial charge in [-0.1, -0.05) is 0 Å². The molecule has 1 unspecified atom stereocenters. The van der Waals surface area contributed by atoms with E-state index in [2.05, 4.69) is 18.7 Å². The van der Waals surface area contributed by atoms with Gasteiger partial charge in [-0.3, -0.25) is 0 Å². The van der Waals surface area contributed by atoms with Crippen LogP contribution in [0.15, 0.2) is 0 Å². The highest BCUT2D eigenvalue weighted by Crippen LogP contribution is 2.23. The van der Waals surface area contributed by atoms with E-state index in [0.717, 1.165) is 31.3 Å². The van der Waals surface area contributed by atoms with E-state index in [0.29, 0.717) is 0 Å². The van der Waals surface area contributed by atoms with Gasteiger partial charge in [0.25, 0.3) is 0 Å². The molecule has 16 heavy (non-hydrogen) atoms. The van der Waals surface area contributed by atoms with Crippen molar-refractivity contribution in [2.45, 2.75) is 57.6 Å². The molecule has 1 aliphatic heterocycles. The zero-order valence-corrected chi connectivity index (χ0v) is 11.7. The molecular weight excluding hydrogens is 222 g/mol. The Morgan fingerprint density at radius 1 is 1.44 bits per heavy atom. The standard InChI is InChI=1S/C13H26ClNO/c1-13(2,16-3)8-11-15-10-5-7-12(15)6-4-9-14/h12H,4-11H2,1-3H3. The van der Waals surface area contributed by atoms with Crippen LogP contribution in [-0.4, -0.2) is 42.6 Å². The topological polar surface area (TPSA) is 12.5 Å². The average molecular weight is 248 g/mol. The molecule has 0 radical (unpaired) electrons. The van der Waals surface area contributed by atoms with Gasteiger partial charge in [-0.2, -0.15) is 0 Å². The largest absolute Gasteiger partial charge is 0.379 e. The molecule has 0 aliphatic carbocycles. The fraction of sp³-hybridized carbons (Fsp3) is 1.00. The van der Waals surface area contributed by atoms with E-state index < -0.39 is 0 Å². The van der Waals surface area contributed by atoms with Gasteiger partial charge in [-0.05, 0) is 52.5 Å². The first-order valence-corrected chi connectivity index (χ1v) is 6.97. The Bertz CT molecular complexity index is 196. The second kappa shape index (κ2) is 6.83. The van der Waals surface area contributed by atoms with Crippen molar-refractivity contribution in [3.05, 3.63) is 0 Å². The first-order chi connectivity index (χ1) is 7.59. The number of halogens is 1. The van der Waals surface area contributed by atoms with E-state index in [9.17, 15) is 0 Å². The third-order valence-corrected chi connectivity index (χ3v) is 3.99. The molecule has 1 fully saturated rings. The first kappa shape index (κ1) is 14.3. The van der Waals surface area contributed by atoms with Crippen molar-refractivity contribution in [1.82, 2.24) is 4.90 Å². The fourth-order valence-corrected chi connectivity index (χ4v) is 2.50. The molecule has 1 saturated heterocycles. The highest BCUT2D eigenvalue weighted by Gasteiger charge is 2.26. The van der Waals surface area contributed by atoms with Crippen LogP contribution in [0.2, 0.25) is 0 Å². The van der Waals surface area contributed by atoms with Crippen LogP contribution in [0.1, 0.15) is 46.0 Å². The lowest BCUT2D eigenvalue weighted by molar-refractivity contribution is 0.00627. The zero-order chi connectivity index (χ0) is 12.0. The van der Waals surface area contributed by atoms with Crippen LogP contribution in [0.5, 0.6) is 0 Å². The predicted molar refractivity (Wildman–Crippen MR) is 70.3 cm³/mol. The molecule has 0 aromatic heterocycles. The Morgan fingerprint density at radius 2 is 2.19 bits per heavy atom. The summed E-state index contributed by atoms with van der Waals surface area (Å²) >= 11 is 5.76. The predicted octanol–water partition coefficient (Wildman–Crippen LogP) is 3.28. The molecule has 3 heteroatoms. The van der Waals surface area contributed by atoms with Gasteiger partial charge in [-0.25, -0.2) is 0 Å². The Hall–Kier alpha value is 0.210. The van der Waals surface area contributed by atoms with Gasteiger partial charge in [0.1, 0.15) is 0 Å². The lowest BCUT2D eigenvalue weighted by atomic mass is 10.0. The van der Waals surface area contributed by atoms with E-state index >= 15 is 0 Å². The van der Waals surface area contributed by atoms with Gasteiger partial charge in [0.2, 0.25) is 0 Å². The van der Waals surface area contributed by atoms with Gasteiger partial charge in [0, 0.05) is 25.6 Å². The molecule has 0 saturated carbocycles. The van der Waals surface area contributed by atoms with E-state index in [4.69, 9.17) is 16.3 Å². The SMILES string of the molecule is COC(C)(C)CCN1CCCC1CCCCl. The highest BCUT2D eigenvalue weighted by atomic mass is 35.5. The van der Waals surface area contributed by atoms with Crippen LogP contribution in [-0.2, 0) is 4.74 Å². The van der Waals surface area contributed by atoms with Crippen molar-refractivity contribution in [2.75, 3.05) is 26.1 Å². The first-order valence-electron chi connectivity index (χ1n) is 6.44.